The fraction of sp³-hybridized carbons (Fsp3) is 0.143. The molecule has 3 aromatic rings. The van der Waals surface area contributed by atoms with Gasteiger partial charge in [0.05, 0.1) is 0 Å². The van der Waals surface area contributed by atoms with Gasteiger partial charge in [-0.1, -0.05) is 84.9 Å². The number of nitrogens with one attached hydrogen (secondary N) is 1. The molecule has 0 saturated heterocycles. The van der Waals surface area contributed by atoms with E-state index in [1.54, 1.807) is 0 Å². The Kier molecular flexibility index (Phi) is 5.01. The predicted molar refractivity (Wildman–Crippen MR) is 93.7 cm³/mol. The molecule has 3 aromatic carbocycles. The van der Waals surface area contributed by atoms with E-state index in [1.165, 1.54) is 22.3 Å². The molecule has 0 atom stereocenters. The average Bonchev–Trinajstić information content (AvgIpc) is 2.61. The summed E-state index contributed by atoms with van der Waals surface area (Å²) in [6.07, 6.45) is 1.06. The second-order valence-electron chi connectivity index (χ2n) is 5.48. The lowest BCUT2D eigenvalue weighted by Gasteiger charge is -2.06. The highest BCUT2D eigenvalue weighted by atomic mass is 14.8. The Morgan fingerprint density at radius 1 is 0.545 bits per heavy atom. The lowest BCUT2D eigenvalue weighted by Crippen LogP contribution is -2.16. The van der Waals surface area contributed by atoms with Crippen LogP contribution in [0.2, 0.25) is 0 Å². The van der Waals surface area contributed by atoms with E-state index in [1.807, 2.05) is 0 Å². The first kappa shape index (κ1) is 14.6. The Morgan fingerprint density at radius 3 is 1.82 bits per heavy atom. The van der Waals surface area contributed by atoms with Crippen LogP contribution in [0.5, 0.6) is 0 Å². The van der Waals surface area contributed by atoms with Crippen LogP contribution in [0.25, 0.3) is 11.1 Å². The molecular weight excluding hydrogens is 266 g/mol. The molecule has 0 radical (unpaired) electrons. The molecule has 0 saturated carbocycles. The van der Waals surface area contributed by atoms with Crippen LogP contribution in [0.1, 0.15) is 11.1 Å². The summed E-state index contributed by atoms with van der Waals surface area (Å²) in [5, 5.41) is 3.50. The van der Waals surface area contributed by atoms with Crippen molar-refractivity contribution in [1.29, 1.82) is 0 Å². The molecule has 0 aliphatic heterocycles. The van der Waals surface area contributed by atoms with Crippen LogP contribution >= 0.6 is 0 Å². The molecule has 0 aliphatic rings. The molecule has 0 amide bonds. The summed E-state index contributed by atoms with van der Waals surface area (Å²) in [6, 6.07) is 29.9. The van der Waals surface area contributed by atoms with Gasteiger partial charge in [-0.05, 0) is 35.2 Å². The molecule has 0 heterocycles. The van der Waals surface area contributed by atoms with Crippen LogP contribution in [-0.2, 0) is 13.0 Å². The molecule has 1 nitrogen and oxygen atoms in total. The second-order valence-corrected chi connectivity index (χ2v) is 5.48. The molecule has 0 fully saturated rings. The number of hydrogen-bond donors (Lipinski definition) is 1. The maximum Gasteiger partial charge on any atom is 0.0205 e. The van der Waals surface area contributed by atoms with E-state index < -0.39 is 0 Å². The zero-order chi connectivity index (χ0) is 15.0. The monoisotopic (exact) mass is 287 g/mol. The van der Waals surface area contributed by atoms with Crippen molar-refractivity contribution < 1.29 is 0 Å². The lowest BCUT2D eigenvalue weighted by molar-refractivity contribution is 0.687. The normalized spacial score (nSPS) is 10.5. The van der Waals surface area contributed by atoms with Gasteiger partial charge < -0.3 is 5.32 Å². The molecule has 110 valence electrons. The minimum absolute atomic E-state index is 0.933. The molecule has 22 heavy (non-hydrogen) atoms. The van der Waals surface area contributed by atoms with Gasteiger partial charge in [-0.2, -0.15) is 0 Å². The molecule has 3 rings (SSSR count). The topological polar surface area (TPSA) is 12.0 Å². The van der Waals surface area contributed by atoms with Crippen LogP contribution in [-0.4, -0.2) is 6.54 Å². The van der Waals surface area contributed by atoms with Gasteiger partial charge in [-0.15, -0.1) is 0 Å². The summed E-state index contributed by atoms with van der Waals surface area (Å²) >= 11 is 0. The summed E-state index contributed by atoms with van der Waals surface area (Å²) in [5.74, 6) is 0. The minimum atomic E-state index is 0.933. The molecule has 1 heteroatoms. The summed E-state index contributed by atoms with van der Waals surface area (Å²) in [4.78, 5) is 0. The maximum atomic E-state index is 3.50. The Bertz CT molecular complexity index is 672. The van der Waals surface area contributed by atoms with Crippen LogP contribution in [0.15, 0.2) is 84.9 Å². The third-order valence-electron chi connectivity index (χ3n) is 3.82. The quantitative estimate of drug-likeness (QED) is 0.649. The molecule has 0 unspecified atom stereocenters. The van der Waals surface area contributed by atoms with Crippen molar-refractivity contribution in [3.8, 4) is 11.1 Å². The van der Waals surface area contributed by atoms with Crippen LogP contribution < -0.4 is 5.32 Å². The summed E-state index contributed by atoms with van der Waals surface area (Å²) in [5.41, 5.74) is 5.26. The van der Waals surface area contributed by atoms with Crippen molar-refractivity contribution in [3.05, 3.63) is 96.1 Å². The zero-order valence-electron chi connectivity index (χ0n) is 12.7. The predicted octanol–water partition coefficient (Wildman–Crippen LogP) is 4.69. The van der Waals surface area contributed by atoms with Gasteiger partial charge in [0.1, 0.15) is 0 Å². The Labute approximate surface area is 132 Å². The van der Waals surface area contributed by atoms with Crippen molar-refractivity contribution in [3.63, 3.8) is 0 Å². The van der Waals surface area contributed by atoms with Gasteiger partial charge in [0, 0.05) is 6.54 Å². The van der Waals surface area contributed by atoms with E-state index in [-0.39, 0.29) is 0 Å². The van der Waals surface area contributed by atoms with Crippen molar-refractivity contribution in [1.82, 2.24) is 5.32 Å². The number of rotatable bonds is 6. The number of hydrogen-bond acceptors (Lipinski definition) is 1. The van der Waals surface area contributed by atoms with Crippen molar-refractivity contribution >= 4 is 0 Å². The van der Waals surface area contributed by atoms with E-state index in [4.69, 9.17) is 0 Å². The van der Waals surface area contributed by atoms with Gasteiger partial charge in [-0.25, -0.2) is 0 Å². The highest BCUT2D eigenvalue weighted by Gasteiger charge is 1.98. The third kappa shape index (κ3) is 4.06. The summed E-state index contributed by atoms with van der Waals surface area (Å²) < 4.78 is 0. The van der Waals surface area contributed by atoms with Gasteiger partial charge in [0.15, 0.2) is 0 Å². The van der Waals surface area contributed by atoms with Crippen molar-refractivity contribution in [2.24, 2.45) is 0 Å². The number of benzene rings is 3. The van der Waals surface area contributed by atoms with E-state index in [0.29, 0.717) is 0 Å². The molecule has 0 spiro atoms. The van der Waals surface area contributed by atoms with E-state index in [9.17, 15) is 0 Å². The maximum absolute atomic E-state index is 3.50. The third-order valence-corrected chi connectivity index (χ3v) is 3.82. The van der Waals surface area contributed by atoms with E-state index in [0.717, 1.165) is 19.5 Å². The first-order chi connectivity index (χ1) is 10.9. The van der Waals surface area contributed by atoms with Crippen molar-refractivity contribution in [2.75, 3.05) is 6.54 Å². The van der Waals surface area contributed by atoms with Crippen LogP contribution in [0, 0.1) is 0 Å². The molecule has 1 N–H and O–H groups in total. The Morgan fingerprint density at radius 2 is 1.14 bits per heavy atom. The summed E-state index contributed by atoms with van der Waals surface area (Å²) in [7, 11) is 0. The molecular formula is C21H21N. The lowest BCUT2D eigenvalue weighted by atomic mass is 10.0. The highest BCUT2D eigenvalue weighted by Crippen LogP contribution is 2.19. The smallest absolute Gasteiger partial charge is 0.0205 e. The molecule has 0 aliphatic carbocycles. The largest absolute Gasteiger partial charge is 0.312 e. The van der Waals surface area contributed by atoms with Crippen LogP contribution in [0.3, 0.4) is 0 Å². The van der Waals surface area contributed by atoms with E-state index in [2.05, 4.69) is 90.2 Å². The van der Waals surface area contributed by atoms with Gasteiger partial charge in [-0.3, -0.25) is 0 Å². The zero-order valence-corrected chi connectivity index (χ0v) is 12.7. The minimum Gasteiger partial charge on any atom is -0.312 e. The fourth-order valence-electron chi connectivity index (χ4n) is 2.56. The first-order valence-corrected chi connectivity index (χ1v) is 7.81. The summed E-state index contributed by atoms with van der Waals surface area (Å²) in [6.45, 7) is 1.93. The van der Waals surface area contributed by atoms with Crippen LogP contribution in [0.4, 0.5) is 0 Å². The standard InChI is InChI=1S/C21H21N/c1-3-7-19(8-4-1)17-22-16-15-18-11-13-21(14-12-18)20-9-5-2-6-10-20/h1-14,22H,15-17H2. The average molecular weight is 287 g/mol. The fourth-order valence-corrected chi connectivity index (χ4v) is 2.56. The van der Waals surface area contributed by atoms with E-state index >= 15 is 0 Å². The second kappa shape index (κ2) is 7.58. The van der Waals surface area contributed by atoms with Gasteiger partial charge >= 0.3 is 0 Å². The van der Waals surface area contributed by atoms with Gasteiger partial charge in [0.2, 0.25) is 0 Å². The Hall–Kier alpha value is -2.38. The highest BCUT2D eigenvalue weighted by molar-refractivity contribution is 5.63. The Balaban J connectivity index is 1.49. The first-order valence-electron chi connectivity index (χ1n) is 7.81. The van der Waals surface area contributed by atoms with Gasteiger partial charge in [0.25, 0.3) is 0 Å². The van der Waals surface area contributed by atoms with Crippen molar-refractivity contribution in [2.45, 2.75) is 13.0 Å². The molecule has 0 aromatic heterocycles. The molecule has 0 bridgehead atoms. The SMILES string of the molecule is c1ccc(CNCCc2ccc(-c3ccccc3)cc2)cc1.